The van der Waals surface area contributed by atoms with Crippen molar-refractivity contribution >= 4 is 5.97 Å². The average Bonchev–Trinajstić information content (AvgIpc) is 2.35. The van der Waals surface area contributed by atoms with Crippen molar-refractivity contribution in [3.63, 3.8) is 0 Å². The number of nitrogens with one attached hydrogen (secondary N) is 1. The van der Waals surface area contributed by atoms with E-state index in [0.29, 0.717) is 5.56 Å². The number of halogens is 2. The van der Waals surface area contributed by atoms with E-state index in [9.17, 15) is 13.6 Å². The van der Waals surface area contributed by atoms with Gasteiger partial charge in [0.05, 0.1) is 7.11 Å². The Morgan fingerprint density at radius 3 is 2.42 bits per heavy atom. The number of rotatable bonds is 6. The Hall–Kier alpha value is -1.69. The lowest BCUT2D eigenvalue weighted by Crippen LogP contribution is -2.34. The van der Waals surface area contributed by atoms with Crippen molar-refractivity contribution < 1.29 is 23.0 Å². The first kappa shape index (κ1) is 15.4. The highest BCUT2D eigenvalue weighted by molar-refractivity contribution is 5.78. The molecular weight excluding hydrogens is 256 g/mol. The normalized spacial score (nSPS) is 12.6. The van der Waals surface area contributed by atoms with Crippen molar-refractivity contribution in [3.05, 3.63) is 29.8 Å². The van der Waals surface area contributed by atoms with Crippen molar-refractivity contribution in [3.8, 4) is 5.75 Å². The van der Waals surface area contributed by atoms with Gasteiger partial charge in [-0.05, 0) is 19.9 Å². The summed E-state index contributed by atoms with van der Waals surface area (Å²) in [4.78, 5) is 11.8. The molecule has 0 saturated carbocycles. The number of para-hydroxylation sites is 1. The van der Waals surface area contributed by atoms with E-state index < -0.39 is 18.6 Å². The molecule has 0 fully saturated rings. The number of alkyl halides is 2. The molecule has 0 spiro atoms. The highest BCUT2D eigenvalue weighted by Crippen LogP contribution is 2.27. The van der Waals surface area contributed by atoms with Crippen molar-refractivity contribution in [2.24, 2.45) is 0 Å². The number of hydrogen-bond acceptors (Lipinski definition) is 4. The number of benzene rings is 1. The van der Waals surface area contributed by atoms with Crippen molar-refractivity contribution in [1.29, 1.82) is 0 Å². The van der Waals surface area contributed by atoms with Crippen LogP contribution in [-0.2, 0) is 9.53 Å². The Morgan fingerprint density at radius 1 is 1.26 bits per heavy atom. The van der Waals surface area contributed by atoms with Crippen LogP contribution in [0.4, 0.5) is 8.78 Å². The predicted octanol–water partition coefficient (Wildman–Crippen LogP) is 2.50. The van der Waals surface area contributed by atoms with Crippen molar-refractivity contribution in [1.82, 2.24) is 5.32 Å². The molecule has 19 heavy (non-hydrogen) atoms. The van der Waals surface area contributed by atoms with E-state index in [0.717, 1.165) is 0 Å². The smallest absolute Gasteiger partial charge is 0.387 e. The molecule has 1 aromatic carbocycles. The van der Waals surface area contributed by atoms with Crippen molar-refractivity contribution in [2.45, 2.75) is 32.5 Å². The maximum atomic E-state index is 12.4. The second kappa shape index (κ2) is 7.04. The summed E-state index contributed by atoms with van der Waals surface area (Å²) in [6.07, 6.45) is 0. The molecule has 1 atom stereocenters. The molecule has 0 aromatic heterocycles. The SMILES string of the molecule is COC(=O)C(NC(C)C)c1ccccc1OC(F)F. The molecule has 0 radical (unpaired) electrons. The van der Waals surface area contributed by atoms with Crippen LogP contribution in [0.5, 0.6) is 5.75 Å². The molecule has 1 N–H and O–H groups in total. The molecule has 1 unspecified atom stereocenters. The zero-order valence-corrected chi connectivity index (χ0v) is 11.0. The van der Waals surface area contributed by atoms with E-state index in [1.165, 1.54) is 13.2 Å². The predicted molar refractivity (Wildman–Crippen MR) is 66.1 cm³/mol. The van der Waals surface area contributed by atoms with Crippen LogP contribution in [0.2, 0.25) is 0 Å². The molecule has 0 saturated heterocycles. The van der Waals surface area contributed by atoms with Crippen LogP contribution < -0.4 is 10.1 Å². The Balaban J connectivity index is 3.10. The first-order chi connectivity index (χ1) is 8.95. The summed E-state index contributed by atoms with van der Waals surface area (Å²) in [6, 6.07) is 5.27. The summed E-state index contributed by atoms with van der Waals surface area (Å²) in [5.74, 6) is -0.597. The number of carbonyl (C=O) groups is 1. The minimum absolute atomic E-state index is 0.0243. The maximum Gasteiger partial charge on any atom is 0.387 e. The third-order valence-electron chi connectivity index (χ3n) is 2.38. The lowest BCUT2D eigenvalue weighted by molar-refractivity contribution is -0.143. The van der Waals surface area contributed by atoms with Crippen LogP contribution in [0, 0.1) is 0 Å². The van der Waals surface area contributed by atoms with Gasteiger partial charge in [0.2, 0.25) is 0 Å². The number of hydrogen-bond donors (Lipinski definition) is 1. The summed E-state index contributed by atoms with van der Waals surface area (Å²) >= 11 is 0. The van der Waals surface area contributed by atoms with Crippen LogP contribution in [0.25, 0.3) is 0 Å². The summed E-state index contributed by atoms with van der Waals surface area (Å²) in [5.41, 5.74) is 0.323. The van der Waals surface area contributed by atoms with Gasteiger partial charge in [-0.2, -0.15) is 8.78 Å². The molecular formula is C13H17F2NO3. The average molecular weight is 273 g/mol. The largest absolute Gasteiger partial charge is 0.468 e. The number of esters is 1. The quantitative estimate of drug-likeness (QED) is 0.809. The topological polar surface area (TPSA) is 47.6 Å². The second-order valence-electron chi connectivity index (χ2n) is 4.19. The first-order valence-electron chi connectivity index (χ1n) is 5.83. The van der Waals surface area contributed by atoms with E-state index in [1.54, 1.807) is 18.2 Å². The van der Waals surface area contributed by atoms with Gasteiger partial charge in [0.1, 0.15) is 11.8 Å². The Bertz CT molecular complexity index is 424. The van der Waals surface area contributed by atoms with Gasteiger partial charge in [0, 0.05) is 11.6 Å². The third-order valence-corrected chi connectivity index (χ3v) is 2.38. The molecule has 106 valence electrons. The molecule has 0 heterocycles. The standard InChI is InChI=1S/C13H17F2NO3/c1-8(2)16-11(12(17)18-3)9-6-4-5-7-10(9)19-13(14)15/h4-8,11,13,16H,1-3H3. The maximum absolute atomic E-state index is 12.4. The van der Waals surface area contributed by atoms with E-state index in [2.05, 4.69) is 14.8 Å². The van der Waals surface area contributed by atoms with Gasteiger partial charge in [-0.15, -0.1) is 0 Å². The van der Waals surface area contributed by atoms with Crippen LogP contribution in [-0.4, -0.2) is 25.7 Å². The zero-order valence-electron chi connectivity index (χ0n) is 11.0. The van der Waals surface area contributed by atoms with Gasteiger partial charge < -0.3 is 9.47 Å². The van der Waals surface area contributed by atoms with Crippen LogP contribution in [0.3, 0.4) is 0 Å². The van der Waals surface area contributed by atoms with E-state index >= 15 is 0 Å². The zero-order chi connectivity index (χ0) is 14.4. The minimum atomic E-state index is -2.95. The van der Waals surface area contributed by atoms with Crippen LogP contribution in [0.1, 0.15) is 25.5 Å². The fraction of sp³-hybridized carbons (Fsp3) is 0.462. The molecule has 1 rings (SSSR count). The molecule has 0 aliphatic rings. The Kier molecular flexibility index (Phi) is 5.69. The molecule has 0 aliphatic carbocycles. The fourth-order valence-electron chi connectivity index (χ4n) is 1.66. The minimum Gasteiger partial charge on any atom is -0.468 e. The molecule has 0 bridgehead atoms. The van der Waals surface area contributed by atoms with Gasteiger partial charge in [0.25, 0.3) is 0 Å². The highest BCUT2D eigenvalue weighted by Gasteiger charge is 2.26. The van der Waals surface area contributed by atoms with Gasteiger partial charge in [-0.25, -0.2) is 4.79 Å². The van der Waals surface area contributed by atoms with E-state index in [4.69, 9.17) is 0 Å². The van der Waals surface area contributed by atoms with Crippen molar-refractivity contribution in [2.75, 3.05) is 7.11 Å². The summed E-state index contributed by atoms with van der Waals surface area (Å²) < 4.78 is 33.8. The first-order valence-corrected chi connectivity index (χ1v) is 5.83. The number of carbonyl (C=O) groups excluding carboxylic acids is 1. The summed E-state index contributed by atoms with van der Waals surface area (Å²) in [5, 5.41) is 2.96. The van der Waals surface area contributed by atoms with E-state index in [1.807, 2.05) is 13.8 Å². The Labute approximate surface area is 110 Å². The molecule has 1 aromatic rings. The fourth-order valence-corrected chi connectivity index (χ4v) is 1.66. The lowest BCUT2D eigenvalue weighted by atomic mass is 10.0. The van der Waals surface area contributed by atoms with Crippen LogP contribution >= 0.6 is 0 Å². The third kappa shape index (κ3) is 4.48. The highest BCUT2D eigenvalue weighted by atomic mass is 19.3. The molecule has 0 amide bonds. The second-order valence-corrected chi connectivity index (χ2v) is 4.19. The molecule has 0 aliphatic heterocycles. The van der Waals surface area contributed by atoms with Gasteiger partial charge in [0.15, 0.2) is 0 Å². The Morgan fingerprint density at radius 2 is 1.89 bits per heavy atom. The summed E-state index contributed by atoms with van der Waals surface area (Å²) in [6.45, 7) is 0.734. The summed E-state index contributed by atoms with van der Waals surface area (Å²) in [7, 11) is 1.24. The monoisotopic (exact) mass is 273 g/mol. The number of methoxy groups -OCH3 is 1. The van der Waals surface area contributed by atoms with E-state index in [-0.39, 0.29) is 11.8 Å². The van der Waals surface area contributed by atoms with Gasteiger partial charge in [-0.1, -0.05) is 18.2 Å². The molecule has 6 heteroatoms. The number of ether oxygens (including phenoxy) is 2. The lowest BCUT2D eigenvalue weighted by Gasteiger charge is -2.21. The molecule has 4 nitrogen and oxygen atoms in total. The van der Waals surface area contributed by atoms with Crippen LogP contribution in [0.15, 0.2) is 24.3 Å². The van der Waals surface area contributed by atoms with Gasteiger partial charge >= 0.3 is 12.6 Å². The van der Waals surface area contributed by atoms with Gasteiger partial charge in [-0.3, -0.25) is 5.32 Å².